The molecule has 0 aliphatic carbocycles. The highest BCUT2D eigenvalue weighted by Crippen LogP contribution is 2.23. The molecule has 3 rings (SSSR count). The summed E-state index contributed by atoms with van der Waals surface area (Å²) in [5.41, 5.74) is 0.844. The minimum Gasteiger partial charge on any atom is -0.370 e. The summed E-state index contributed by atoms with van der Waals surface area (Å²) in [5, 5.41) is 6.41. The minimum atomic E-state index is -0.296. The van der Waals surface area contributed by atoms with E-state index in [0.717, 1.165) is 5.56 Å². The number of nitrogens with zero attached hydrogens (tertiary/aromatic N) is 2. The smallest absolute Gasteiger partial charge is 0.323 e. The highest BCUT2D eigenvalue weighted by atomic mass is 19.1. The number of nitrogens with one attached hydrogen (secondary N) is 1. The van der Waals surface area contributed by atoms with E-state index in [2.05, 4.69) is 10.5 Å². The Bertz CT molecular complexity index is 656. The van der Waals surface area contributed by atoms with Gasteiger partial charge in [0.15, 0.2) is 5.82 Å². The normalized spacial score (nSPS) is 18.3. The van der Waals surface area contributed by atoms with Crippen molar-refractivity contribution in [3.05, 3.63) is 47.5 Å². The Labute approximate surface area is 126 Å². The van der Waals surface area contributed by atoms with Crippen molar-refractivity contribution in [3.8, 4) is 0 Å². The second-order valence-corrected chi connectivity index (χ2v) is 5.11. The third kappa shape index (κ3) is 3.25. The number of morpholine rings is 1. The number of benzene rings is 1. The fourth-order valence-electron chi connectivity index (χ4n) is 2.33. The van der Waals surface area contributed by atoms with Crippen LogP contribution in [0.3, 0.4) is 0 Å². The molecule has 1 saturated heterocycles. The van der Waals surface area contributed by atoms with Crippen molar-refractivity contribution in [2.75, 3.05) is 25.0 Å². The van der Waals surface area contributed by atoms with Gasteiger partial charge in [0, 0.05) is 12.6 Å². The zero-order chi connectivity index (χ0) is 15.5. The molecule has 2 heterocycles. The number of aryl methyl sites for hydroxylation is 1. The molecule has 0 radical (unpaired) electrons. The van der Waals surface area contributed by atoms with Crippen LogP contribution in [0.2, 0.25) is 0 Å². The van der Waals surface area contributed by atoms with Crippen LogP contribution in [0, 0.1) is 12.7 Å². The van der Waals surface area contributed by atoms with Gasteiger partial charge >= 0.3 is 6.03 Å². The predicted octanol–water partition coefficient (Wildman–Crippen LogP) is 2.73. The van der Waals surface area contributed by atoms with E-state index in [1.807, 2.05) is 0 Å². The number of ether oxygens (including phenoxy) is 1. The molecule has 2 amide bonds. The molecule has 1 atom stereocenters. The predicted molar refractivity (Wildman–Crippen MR) is 76.9 cm³/mol. The van der Waals surface area contributed by atoms with Crippen molar-refractivity contribution < 1.29 is 18.4 Å². The van der Waals surface area contributed by atoms with E-state index in [1.54, 1.807) is 30.0 Å². The van der Waals surface area contributed by atoms with Gasteiger partial charge in [-0.15, -0.1) is 0 Å². The van der Waals surface area contributed by atoms with Gasteiger partial charge in [-0.2, -0.15) is 0 Å². The van der Waals surface area contributed by atoms with Gasteiger partial charge in [0.05, 0.1) is 13.2 Å². The summed E-state index contributed by atoms with van der Waals surface area (Å²) in [7, 11) is 0. The van der Waals surface area contributed by atoms with Crippen molar-refractivity contribution in [2.24, 2.45) is 0 Å². The highest BCUT2D eigenvalue weighted by molar-refractivity contribution is 5.88. The monoisotopic (exact) mass is 305 g/mol. The van der Waals surface area contributed by atoms with E-state index in [-0.39, 0.29) is 18.0 Å². The van der Waals surface area contributed by atoms with Crippen molar-refractivity contribution in [1.29, 1.82) is 0 Å². The molecule has 0 saturated carbocycles. The lowest BCUT2D eigenvalue weighted by molar-refractivity contribution is -0.0135. The van der Waals surface area contributed by atoms with E-state index >= 15 is 0 Å². The SMILES string of the molecule is Cc1cc(NC(=O)N2CCOC(c3ccc(F)cc3)C2)no1. The first-order valence-electron chi connectivity index (χ1n) is 6.98. The molecule has 1 aliphatic heterocycles. The fourth-order valence-corrected chi connectivity index (χ4v) is 2.33. The molecule has 1 aromatic heterocycles. The Kier molecular flexibility index (Phi) is 4.06. The molecule has 22 heavy (non-hydrogen) atoms. The molecule has 0 spiro atoms. The number of carbonyl (C=O) groups is 1. The lowest BCUT2D eigenvalue weighted by atomic mass is 10.1. The number of aromatic nitrogens is 1. The summed E-state index contributed by atoms with van der Waals surface area (Å²) in [6.45, 7) is 3.06. The molecule has 116 valence electrons. The standard InChI is InChI=1S/C15H16FN3O3/c1-10-8-14(18-22-10)17-15(20)19-6-7-21-13(9-19)11-2-4-12(16)5-3-11/h2-5,8,13H,6-7,9H2,1H3,(H,17,18,20). The maximum atomic E-state index is 13.0. The topological polar surface area (TPSA) is 67.6 Å². The molecule has 2 aromatic rings. The number of carbonyl (C=O) groups excluding carboxylic acids is 1. The van der Waals surface area contributed by atoms with Crippen molar-refractivity contribution in [1.82, 2.24) is 10.1 Å². The van der Waals surface area contributed by atoms with Crippen LogP contribution in [0.25, 0.3) is 0 Å². The highest BCUT2D eigenvalue weighted by Gasteiger charge is 2.25. The summed E-state index contributed by atoms with van der Waals surface area (Å²) < 4.78 is 23.5. The summed E-state index contributed by atoms with van der Waals surface area (Å²) in [4.78, 5) is 13.9. The first kappa shape index (κ1) is 14.5. The average Bonchev–Trinajstić information content (AvgIpc) is 2.93. The molecular formula is C15H16FN3O3. The molecule has 1 fully saturated rings. The summed E-state index contributed by atoms with van der Waals surface area (Å²) in [6, 6.07) is 7.50. The van der Waals surface area contributed by atoms with Crippen LogP contribution < -0.4 is 5.32 Å². The number of urea groups is 1. The van der Waals surface area contributed by atoms with Gasteiger partial charge < -0.3 is 14.2 Å². The van der Waals surface area contributed by atoms with Gasteiger partial charge in [-0.25, -0.2) is 9.18 Å². The Morgan fingerprint density at radius 1 is 1.41 bits per heavy atom. The van der Waals surface area contributed by atoms with Crippen LogP contribution in [0.5, 0.6) is 0 Å². The maximum Gasteiger partial charge on any atom is 0.323 e. The van der Waals surface area contributed by atoms with Gasteiger partial charge in [-0.05, 0) is 24.6 Å². The number of amides is 2. The lowest BCUT2D eigenvalue weighted by Crippen LogP contribution is -2.44. The Balaban J connectivity index is 1.64. The third-order valence-electron chi connectivity index (χ3n) is 3.46. The summed E-state index contributed by atoms with van der Waals surface area (Å²) in [6.07, 6.45) is -0.265. The van der Waals surface area contributed by atoms with Crippen molar-refractivity contribution >= 4 is 11.8 Å². The van der Waals surface area contributed by atoms with E-state index in [9.17, 15) is 9.18 Å². The summed E-state index contributed by atoms with van der Waals surface area (Å²) in [5.74, 6) is 0.712. The molecule has 1 aliphatic rings. The van der Waals surface area contributed by atoms with E-state index < -0.39 is 0 Å². The van der Waals surface area contributed by atoms with Crippen molar-refractivity contribution in [3.63, 3.8) is 0 Å². The maximum absolute atomic E-state index is 13.0. The van der Waals surface area contributed by atoms with Crippen LogP contribution in [-0.4, -0.2) is 35.8 Å². The molecule has 1 unspecified atom stereocenters. The van der Waals surface area contributed by atoms with Gasteiger partial charge in [0.1, 0.15) is 17.7 Å². The fraction of sp³-hybridized carbons (Fsp3) is 0.333. The van der Waals surface area contributed by atoms with Gasteiger partial charge in [0.25, 0.3) is 0 Å². The zero-order valence-electron chi connectivity index (χ0n) is 12.1. The minimum absolute atomic E-state index is 0.260. The molecule has 1 N–H and O–H groups in total. The molecule has 7 heteroatoms. The van der Waals surface area contributed by atoms with E-state index in [0.29, 0.717) is 31.3 Å². The number of hydrogen-bond donors (Lipinski definition) is 1. The Morgan fingerprint density at radius 2 is 2.18 bits per heavy atom. The van der Waals surface area contributed by atoms with Crippen LogP contribution in [-0.2, 0) is 4.74 Å². The first-order chi connectivity index (χ1) is 10.6. The van der Waals surface area contributed by atoms with E-state index in [1.165, 1.54) is 12.1 Å². The van der Waals surface area contributed by atoms with Crippen LogP contribution in [0.1, 0.15) is 17.4 Å². The number of hydrogen-bond acceptors (Lipinski definition) is 4. The third-order valence-corrected chi connectivity index (χ3v) is 3.46. The lowest BCUT2D eigenvalue weighted by Gasteiger charge is -2.32. The largest absolute Gasteiger partial charge is 0.370 e. The zero-order valence-corrected chi connectivity index (χ0v) is 12.1. The van der Waals surface area contributed by atoms with Crippen LogP contribution in [0.15, 0.2) is 34.9 Å². The Hall–Kier alpha value is -2.41. The molecule has 6 nitrogen and oxygen atoms in total. The quantitative estimate of drug-likeness (QED) is 0.926. The number of anilines is 1. The number of halogens is 1. The first-order valence-corrected chi connectivity index (χ1v) is 6.98. The van der Waals surface area contributed by atoms with Gasteiger partial charge in [-0.1, -0.05) is 17.3 Å². The van der Waals surface area contributed by atoms with Gasteiger partial charge in [0.2, 0.25) is 0 Å². The molecule has 0 bridgehead atoms. The van der Waals surface area contributed by atoms with Gasteiger partial charge in [-0.3, -0.25) is 5.32 Å². The second-order valence-electron chi connectivity index (χ2n) is 5.11. The van der Waals surface area contributed by atoms with Crippen LogP contribution >= 0.6 is 0 Å². The Morgan fingerprint density at radius 3 is 2.86 bits per heavy atom. The van der Waals surface area contributed by atoms with Crippen LogP contribution in [0.4, 0.5) is 15.0 Å². The number of rotatable bonds is 2. The van der Waals surface area contributed by atoms with Crippen molar-refractivity contribution in [2.45, 2.75) is 13.0 Å². The molecular weight excluding hydrogens is 289 g/mol. The average molecular weight is 305 g/mol. The second kappa shape index (κ2) is 6.15. The van der Waals surface area contributed by atoms with E-state index in [4.69, 9.17) is 9.26 Å². The summed E-state index contributed by atoms with van der Waals surface area (Å²) >= 11 is 0. The molecule has 1 aromatic carbocycles.